The van der Waals surface area contributed by atoms with Gasteiger partial charge in [0, 0.05) is 43.4 Å². The Bertz CT molecular complexity index is 1250. The first-order valence-electron chi connectivity index (χ1n) is 23.2. The molecular formula is C48H88N4O3. The highest BCUT2D eigenvalue weighted by Crippen LogP contribution is 2.67. The van der Waals surface area contributed by atoms with Gasteiger partial charge in [0.25, 0.3) is 0 Å². The SMILES string of the molecule is CC[C@H](CC[C@@H](C)C1CCC2C3CC=C4CC(OC(=O)CCCC(=O)N(CCCCNCCC(C)(C)N)CCC(C)(C)N)CCC4(C)C3CCC21C)C(C)C. The molecule has 0 aliphatic heterocycles. The number of fused-ring (bicyclic) bond motifs is 5. The first-order valence-corrected chi connectivity index (χ1v) is 23.2. The highest BCUT2D eigenvalue weighted by Gasteiger charge is 2.59. The van der Waals surface area contributed by atoms with E-state index in [-0.39, 0.29) is 34.5 Å². The molecule has 55 heavy (non-hydrogen) atoms. The molecule has 7 nitrogen and oxygen atoms in total. The van der Waals surface area contributed by atoms with Crippen LogP contribution in [-0.2, 0) is 14.3 Å². The highest BCUT2D eigenvalue weighted by molar-refractivity contribution is 5.77. The van der Waals surface area contributed by atoms with Gasteiger partial charge in [0.05, 0.1) is 0 Å². The van der Waals surface area contributed by atoms with Crippen LogP contribution in [0.5, 0.6) is 0 Å². The summed E-state index contributed by atoms with van der Waals surface area (Å²) in [6, 6.07) is 0. The van der Waals surface area contributed by atoms with Crippen LogP contribution in [0.3, 0.4) is 0 Å². The Kier molecular flexibility index (Phi) is 16.8. The zero-order valence-corrected chi connectivity index (χ0v) is 37.6. The van der Waals surface area contributed by atoms with Crippen LogP contribution in [0.2, 0.25) is 0 Å². The maximum atomic E-state index is 13.3. The molecule has 9 atom stereocenters. The Hall–Kier alpha value is -1.44. The predicted octanol–water partition coefficient (Wildman–Crippen LogP) is 10.2. The van der Waals surface area contributed by atoms with Crippen molar-refractivity contribution in [3.8, 4) is 0 Å². The Morgan fingerprint density at radius 1 is 0.891 bits per heavy atom. The summed E-state index contributed by atoms with van der Waals surface area (Å²) >= 11 is 0. The fraction of sp³-hybridized carbons (Fsp3) is 0.917. The van der Waals surface area contributed by atoms with Gasteiger partial charge in [0.15, 0.2) is 0 Å². The summed E-state index contributed by atoms with van der Waals surface area (Å²) in [5.41, 5.74) is 14.2. The molecule has 7 heteroatoms. The first kappa shape index (κ1) is 46.3. The molecule has 1 amide bonds. The van der Waals surface area contributed by atoms with Gasteiger partial charge < -0.3 is 26.4 Å². The van der Waals surface area contributed by atoms with E-state index < -0.39 is 0 Å². The quantitative estimate of drug-likeness (QED) is 0.0575. The topological polar surface area (TPSA) is 111 Å². The maximum absolute atomic E-state index is 13.3. The van der Waals surface area contributed by atoms with Gasteiger partial charge in [0.1, 0.15) is 6.10 Å². The van der Waals surface area contributed by atoms with E-state index in [0.29, 0.717) is 31.2 Å². The summed E-state index contributed by atoms with van der Waals surface area (Å²) in [5.74, 6) is 5.77. The molecule has 0 aromatic heterocycles. The van der Waals surface area contributed by atoms with E-state index in [2.05, 4.69) is 66.8 Å². The third-order valence-electron chi connectivity index (χ3n) is 15.7. The van der Waals surface area contributed by atoms with Crippen LogP contribution < -0.4 is 16.8 Å². The number of amides is 1. The molecule has 0 heterocycles. The van der Waals surface area contributed by atoms with Crippen molar-refractivity contribution >= 4 is 11.9 Å². The van der Waals surface area contributed by atoms with Gasteiger partial charge in [-0.1, -0.05) is 66.0 Å². The number of hydrogen-bond donors (Lipinski definition) is 3. The minimum atomic E-state index is -0.329. The number of nitrogens with two attached hydrogens (primary N) is 2. The van der Waals surface area contributed by atoms with E-state index in [1.54, 1.807) is 5.57 Å². The Labute approximate surface area is 339 Å². The fourth-order valence-corrected chi connectivity index (χ4v) is 12.0. The minimum Gasteiger partial charge on any atom is -0.462 e. The smallest absolute Gasteiger partial charge is 0.306 e. The molecule has 5 N–H and O–H groups in total. The second-order valence-corrected chi connectivity index (χ2v) is 21.5. The lowest BCUT2D eigenvalue weighted by molar-refractivity contribution is -0.151. The summed E-state index contributed by atoms with van der Waals surface area (Å²) in [7, 11) is 0. The molecule has 4 aliphatic rings. The van der Waals surface area contributed by atoms with Crippen molar-refractivity contribution in [2.75, 3.05) is 26.2 Å². The molecule has 0 bridgehead atoms. The average Bonchev–Trinajstić information content (AvgIpc) is 3.45. The summed E-state index contributed by atoms with van der Waals surface area (Å²) < 4.78 is 6.14. The lowest BCUT2D eigenvalue weighted by Gasteiger charge is -2.58. The number of nitrogens with one attached hydrogen (secondary N) is 1. The minimum absolute atomic E-state index is 0.0322. The maximum Gasteiger partial charge on any atom is 0.306 e. The van der Waals surface area contributed by atoms with Crippen molar-refractivity contribution in [1.29, 1.82) is 0 Å². The number of allylic oxidation sites excluding steroid dienone is 1. The lowest BCUT2D eigenvalue weighted by atomic mass is 9.47. The van der Waals surface area contributed by atoms with Crippen LogP contribution in [0.25, 0.3) is 0 Å². The van der Waals surface area contributed by atoms with Crippen LogP contribution in [0.15, 0.2) is 11.6 Å². The molecule has 0 aromatic rings. The molecule has 4 aliphatic carbocycles. The Morgan fingerprint density at radius 3 is 2.29 bits per heavy atom. The van der Waals surface area contributed by atoms with Crippen molar-refractivity contribution < 1.29 is 14.3 Å². The van der Waals surface area contributed by atoms with Crippen LogP contribution in [0, 0.1) is 52.3 Å². The first-order chi connectivity index (χ1) is 25.8. The summed E-state index contributed by atoms with van der Waals surface area (Å²) in [4.78, 5) is 28.4. The normalized spacial score (nSPS) is 30.6. The number of esters is 1. The molecular weight excluding hydrogens is 681 g/mol. The molecule has 3 saturated carbocycles. The average molecular weight is 769 g/mol. The van der Waals surface area contributed by atoms with Gasteiger partial charge in [-0.05, 0) is 177 Å². The molecule has 3 fully saturated rings. The van der Waals surface area contributed by atoms with Gasteiger partial charge >= 0.3 is 5.97 Å². The number of hydrogen-bond acceptors (Lipinski definition) is 6. The third kappa shape index (κ3) is 12.8. The lowest BCUT2D eigenvalue weighted by Crippen LogP contribution is -2.51. The molecule has 0 saturated heterocycles. The number of carbonyl (C=O) groups is 2. The zero-order valence-electron chi connectivity index (χ0n) is 37.6. The third-order valence-corrected chi connectivity index (χ3v) is 15.7. The molecule has 0 aromatic carbocycles. The largest absolute Gasteiger partial charge is 0.462 e. The van der Waals surface area contributed by atoms with Crippen LogP contribution in [-0.4, -0.2) is 60.1 Å². The summed E-state index contributed by atoms with van der Waals surface area (Å²) in [5, 5.41) is 3.48. The van der Waals surface area contributed by atoms with Crippen molar-refractivity contribution in [2.24, 2.45) is 63.7 Å². The second-order valence-electron chi connectivity index (χ2n) is 21.5. The van der Waals surface area contributed by atoms with E-state index in [4.69, 9.17) is 16.2 Å². The molecule has 4 rings (SSSR count). The number of ether oxygens (including phenoxy) is 1. The molecule has 318 valence electrons. The highest BCUT2D eigenvalue weighted by atomic mass is 16.5. The number of carbonyl (C=O) groups excluding carboxylic acids is 2. The van der Waals surface area contributed by atoms with Crippen LogP contribution >= 0.6 is 0 Å². The van der Waals surface area contributed by atoms with E-state index in [1.807, 2.05) is 18.7 Å². The zero-order chi connectivity index (χ0) is 40.6. The predicted molar refractivity (Wildman–Crippen MR) is 230 cm³/mol. The number of rotatable bonds is 22. The summed E-state index contributed by atoms with van der Waals surface area (Å²) in [6.07, 6.45) is 21.3. The Morgan fingerprint density at radius 2 is 1.62 bits per heavy atom. The molecule has 7 unspecified atom stereocenters. The molecule has 0 radical (unpaired) electrons. The monoisotopic (exact) mass is 769 g/mol. The van der Waals surface area contributed by atoms with Gasteiger partial charge in [-0.3, -0.25) is 9.59 Å². The number of unbranched alkanes of at least 4 members (excludes halogenated alkanes) is 1. The standard InChI is InChI=1S/C48H88N4O3/c1-11-36(34(2)3)18-17-35(4)40-21-22-41-39-20-19-37-33-38(23-25-47(37,9)42(39)24-26-48(40,41)10)55-44(54)16-14-15-43(53)52(32-28-46(7,8)50)31-13-12-29-51-30-27-45(5,6)49/h19,34-36,38-42,51H,11-18,20-33,49-50H2,1-10H3/t35-,36-,38?,39?,40?,41?,42?,47?,48?/m1/s1. The number of nitrogens with zero attached hydrogens (tertiary/aromatic N) is 1. The van der Waals surface area contributed by atoms with Gasteiger partial charge in [0.2, 0.25) is 5.91 Å². The Balaban J connectivity index is 1.23. The van der Waals surface area contributed by atoms with Gasteiger partial charge in [-0.2, -0.15) is 0 Å². The van der Waals surface area contributed by atoms with E-state index in [1.165, 1.54) is 51.4 Å². The van der Waals surface area contributed by atoms with E-state index in [9.17, 15) is 9.59 Å². The van der Waals surface area contributed by atoms with Crippen LogP contribution in [0.4, 0.5) is 0 Å². The van der Waals surface area contributed by atoms with E-state index >= 15 is 0 Å². The van der Waals surface area contributed by atoms with Crippen molar-refractivity contribution in [3.63, 3.8) is 0 Å². The summed E-state index contributed by atoms with van der Waals surface area (Å²) in [6.45, 7) is 26.4. The van der Waals surface area contributed by atoms with Gasteiger partial charge in [-0.15, -0.1) is 0 Å². The van der Waals surface area contributed by atoms with E-state index in [0.717, 1.165) is 106 Å². The van der Waals surface area contributed by atoms with Crippen LogP contribution in [0.1, 0.15) is 185 Å². The molecule has 0 spiro atoms. The fourth-order valence-electron chi connectivity index (χ4n) is 12.0. The van der Waals surface area contributed by atoms with Crippen molar-refractivity contribution in [3.05, 3.63) is 11.6 Å². The van der Waals surface area contributed by atoms with Gasteiger partial charge in [-0.25, -0.2) is 0 Å². The second kappa shape index (κ2) is 20.0. The van der Waals surface area contributed by atoms with Crippen molar-refractivity contribution in [2.45, 2.75) is 202 Å². The van der Waals surface area contributed by atoms with Crippen molar-refractivity contribution in [1.82, 2.24) is 10.2 Å².